The molecule has 24 heavy (non-hydrogen) atoms. The summed E-state index contributed by atoms with van der Waals surface area (Å²) in [5.74, 6) is -3.58. The Morgan fingerprint density at radius 2 is 2.00 bits per heavy atom. The molecule has 128 valence electrons. The molecule has 0 spiro atoms. The van der Waals surface area contributed by atoms with E-state index < -0.39 is 39.2 Å². The van der Waals surface area contributed by atoms with Crippen LogP contribution in [0.25, 0.3) is 0 Å². The molecular formula is C15H15F2N3O3S. The fraction of sp³-hybridized carbons (Fsp3) is 0.200. The van der Waals surface area contributed by atoms with Crippen LogP contribution in [0.4, 0.5) is 20.3 Å². The monoisotopic (exact) mass is 355 g/mol. The van der Waals surface area contributed by atoms with Gasteiger partial charge in [0.05, 0.1) is 17.4 Å². The Kier molecular flexibility index (Phi) is 5.45. The van der Waals surface area contributed by atoms with Gasteiger partial charge in [-0.15, -0.1) is 0 Å². The van der Waals surface area contributed by atoms with Gasteiger partial charge in [-0.25, -0.2) is 22.2 Å². The molecular weight excluding hydrogens is 340 g/mol. The zero-order valence-corrected chi connectivity index (χ0v) is 13.5. The number of hydrogen-bond acceptors (Lipinski definition) is 4. The minimum absolute atomic E-state index is 0.296. The Morgan fingerprint density at radius 1 is 1.25 bits per heavy atom. The average Bonchev–Trinajstić information content (AvgIpc) is 2.50. The molecule has 2 N–H and O–H groups in total. The van der Waals surface area contributed by atoms with Gasteiger partial charge < -0.3 is 5.32 Å². The van der Waals surface area contributed by atoms with Crippen LogP contribution >= 0.6 is 0 Å². The highest BCUT2D eigenvalue weighted by Gasteiger charge is 2.23. The minimum Gasteiger partial charge on any atom is -0.310 e. The highest BCUT2D eigenvalue weighted by Crippen LogP contribution is 2.17. The van der Waals surface area contributed by atoms with E-state index in [0.29, 0.717) is 11.9 Å². The zero-order valence-electron chi connectivity index (χ0n) is 12.7. The Labute approximate surface area is 138 Å². The van der Waals surface area contributed by atoms with Gasteiger partial charge >= 0.3 is 0 Å². The van der Waals surface area contributed by atoms with E-state index in [4.69, 9.17) is 0 Å². The van der Waals surface area contributed by atoms with Gasteiger partial charge in [0.25, 0.3) is 0 Å². The summed E-state index contributed by atoms with van der Waals surface area (Å²) < 4.78 is 52.4. The molecule has 2 rings (SSSR count). The summed E-state index contributed by atoms with van der Waals surface area (Å²) in [5.41, 5.74) is -0.381. The molecule has 1 heterocycles. The first-order valence-electron chi connectivity index (χ1n) is 6.94. The first kappa shape index (κ1) is 17.8. The summed E-state index contributed by atoms with van der Waals surface area (Å²) in [6.45, 7) is 1.42. The van der Waals surface area contributed by atoms with Gasteiger partial charge in [-0.2, -0.15) is 0 Å². The topological polar surface area (TPSA) is 88.2 Å². The second-order valence-electron chi connectivity index (χ2n) is 5.11. The van der Waals surface area contributed by atoms with Crippen molar-refractivity contribution in [1.82, 2.24) is 4.98 Å². The van der Waals surface area contributed by atoms with Gasteiger partial charge in [-0.3, -0.25) is 9.52 Å². The summed E-state index contributed by atoms with van der Waals surface area (Å²) in [7, 11) is -4.00. The number of hydrogen-bond donors (Lipinski definition) is 2. The Hall–Kier alpha value is -2.55. The lowest BCUT2D eigenvalue weighted by Crippen LogP contribution is -2.30. The van der Waals surface area contributed by atoms with E-state index in [9.17, 15) is 22.0 Å². The van der Waals surface area contributed by atoms with Gasteiger partial charge in [0.2, 0.25) is 15.9 Å². The number of anilines is 2. The molecule has 0 aliphatic heterocycles. The largest absolute Gasteiger partial charge is 0.310 e. The van der Waals surface area contributed by atoms with E-state index >= 15 is 0 Å². The molecule has 6 nitrogen and oxygen atoms in total. The first-order chi connectivity index (χ1) is 11.3. The number of halogens is 2. The number of carbonyl (C=O) groups is 1. The smallest absolute Gasteiger partial charge is 0.233 e. The Bertz CT molecular complexity index is 829. The zero-order chi connectivity index (χ0) is 17.7. The molecule has 1 atom stereocenters. The first-order valence-corrected chi connectivity index (χ1v) is 8.59. The van der Waals surface area contributed by atoms with Crippen molar-refractivity contribution in [2.45, 2.75) is 6.92 Å². The SMILES string of the molecule is CC(CS(=O)(=O)Nc1ccc(F)cc1F)C(=O)Nc1ccccn1. The molecule has 2 aromatic rings. The van der Waals surface area contributed by atoms with Gasteiger partial charge in [0.1, 0.15) is 17.5 Å². The summed E-state index contributed by atoms with van der Waals surface area (Å²) in [5, 5.41) is 2.48. The molecule has 1 aromatic heterocycles. The molecule has 0 aliphatic carbocycles. The van der Waals surface area contributed by atoms with E-state index in [0.717, 1.165) is 12.1 Å². The van der Waals surface area contributed by atoms with E-state index in [1.807, 2.05) is 4.72 Å². The molecule has 1 aromatic carbocycles. The Morgan fingerprint density at radius 3 is 2.62 bits per heavy atom. The van der Waals surface area contributed by atoms with E-state index in [1.54, 1.807) is 18.2 Å². The number of aromatic nitrogens is 1. The maximum Gasteiger partial charge on any atom is 0.233 e. The van der Waals surface area contributed by atoms with Crippen molar-refractivity contribution in [2.24, 2.45) is 5.92 Å². The van der Waals surface area contributed by atoms with Crippen molar-refractivity contribution in [2.75, 3.05) is 15.8 Å². The van der Waals surface area contributed by atoms with Gasteiger partial charge in [-0.1, -0.05) is 13.0 Å². The summed E-state index contributed by atoms with van der Waals surface area (Å²) in [4.78, 5) is 15.9. The molecule has 9 heteroatoms. The van der Waals surface area contributed by atoms with Crippen LogP contribution < -0.4 is 10.0 Å². The number of benzene rings is 1. The molecule has 1 amide bonds. The Balaban J connectivity index is 2.01. The van der Waals surface area contributed by atoms with E-state index in [-0.39, 0.29) is 5.69 Å². The van der Waals surface area contributed by atoms with Gasteiger partial charge in [0.15, 0.2) is 0 Å². The van der Waals surface area contributed by atoms with Crippen molar-refractivity contribution in [3.8, 4) is 0 Å². The number of sulfonamides is 1. The van der Waals surface area contributed by atoms with Crippen LogP contribution in [0.2, 0.25) is 0 Å². The maximum atomic E-state index is 13.5. The molecule has 0 saturated heterocycles. The highest BCUT2D eigenvalue weighted by atomic mass is 32.2. The molecule has 0 bridgehead atoms. The highest BCUT2D eigenvalue weighted by molar-refractivity contribution is 7.92. The third kappa shape index (κ3) is 4.98. The molecule has 0 fully saturated rings. The second kappa shape index (κ2) is 7.35. The lowest BCUT2D eigenvalue weighted by Gasteiger charge is -2.14. The fourth-order valence-electron chi connectivity index (χ4n) is 1.87. The molecule has 0 radical (unpaired) electrons. The van der Waals surface area contributed by atoms with Crippen molar-refractivity contribution in [3.05, 3.63) is 54.2 Å². The normalized spacial score (nSPS) is 12.5. The van der Waals surface area contributed by atoms with Crippen molar-refractivity contribution >= 4 is 27.4 Å². The number of nitrogens with zero attached hydrogens (tertiary/aromatic N) is 1. The predicted molar refractivity (Wildman–Crippen MR) is 85.8 cm³/mol. The third-order valence-electron chi connectivity index (χ3n) is 3.03. The fourth-order valence-corrected chi connectivity index (χ4v) is 3.27. The summed E-state index contributed by atoms with van der Waals surface area (Å²) in [6, 6.07) is 7.37. The van der Waals surface area contributed by atoms with E-state index in [2.05, 4.69) is 10.3 Å². The maximum absolute atomic E-state index is 13.5. The van der Waals surface area contributed by atoms with Crippen LogP contribution in [0.15, 0.2) is 42.6 Å². The van der Waals surface area contributed by atoms with Crippen molar-refractivity contribution in [3.63, 3.8) is 0 Å². The number of nitrogens with one attached hydrogen (secondary N) is 2. The molecule has 0 aliphatic rings. The molecule has 1 unspecified atom stereocenters. The summed E-state index contributed by atoms with van der Waals surface area (Å²) >= 11 is 0. The second-order valence-corrected chi connectivity index (χ2v) is 6.88. The van der Waals surface area contributed by atoms with Crippen LogP contribution in [-0.4, -0.2) is 25.1 Å². The van der Waals surface area contributed by atoms with Gasteiger partial charge in [0, 0.05) is 12.3 Å². The van der Waals surface area contributed by atoms with Crippen molar-refractivity contribution < 1.29 is 22.0 Å². The predicted octanol–water partition coefficient (Wildman–Crippen LogP) is 2.38. The van der Waals surface area contributed by atoms with Gasteiger partial charge in [-0.05, 0) is 24.3 Å². The number of pyridine rings is 1. The quantitative estimate of drug-likeness (QED) is 0.833. The van der Waals surface area contributed by atoms with Crippen LogP contribution in [-0.2, 0) is 14.8 Å². The van der Waals surface area contributed by atoms with E-state index in [1.165, 1.54) is 13.1 Å². The lowest BCUT2D eigenvalue weighted by molar-refractivity contribution is -0.118. The number of rotatable bonds is 6. The summed E-state index contributed by atoms with van der Waals surface area (Å²) in [6.07, 6.45) is 1.48. The van der Waals surface area contributed by atoms with Crippen LogP contribution in [0.5, 0.6) is 0 Å². The third-order valence-corrected chi connectivity index (χ3v) is 4.50. The standard InChI is InChI=1S/C15H15F2N3O3S/c1-10(15(21)19-14-4-2-3-7-18-14)9-24(22,23)20-13-6-5-11(16)8-12(13)17/h2-8,10,20H,9H2,1H3,(H,18,19,21). The number of carbonyl (C=O) groups excluding carboxylic acids is 1. The van der Waals surface area contributed by atoms with Crippen molar-refractivity contribution in [1.29, 1.82) is 0 Å². The van der Waals surface area contributed by atoms with Crippen LogP contribution in [0.1, 0.15) is 6.92 Å². The lowest BCUT2D eigenvalue weighted by atomic mass is 10.2. The average molecular weight is 355 g/mol. The molecule has 0 saturated carbocycles. The number of amides is 1. The van der Waals surface area contributed by atoms with Crippen LogP contribution in [0, 0.1) is 17.6 Å². The minimum atomic E-state index is -4.00. The van der Waals surface area contributed by atoms with Crippen LogP contribution in [0.3, 0.4) is 0 Å².